The van der Waals surface area contributed by atoms with Gasteiger partial charge in [-0.25, -0.2) is 0 Å². The van der Waals surface area contributed by atoms with E-state index in [0.29, 0.717) is 58.5 Å². The molecule has 0 spiro atoms. The van der Waals surface area contributed by atoms with Crippen LogP contribution in [0.4, 0.5) is 5.69 Å². The normalized spacial score (nSPS) is 15.9. The molecule has 1 amide bonds. The number of nitrogens with one attached hydrogen (secondary N) is 1. The Morgan fingerprint density at radius 3 is 2.53 bits per heavy atom. The number of ether oxygens (including phenoxy) is 4. The van der Waals surface area contributed by atoms with E-state index in [1.165, 1.54) is 14.2 Å². The fourth-order valence-electron chi connectivity index (χ4n) is 4.21. The highest BCUT2D eigenvalue weighted by Crippen LogP contribution is 2.36. The van der Waals surface area contributed by atoms with Gasteiger partial charge in [0.05, 0.1) is 51.6 Å². The lowest BCUT2D eigenvalue weighted by Crippen LogP contribution is -2.40. The number of halogens is 1. The summed E-state index contributed by atoms with van der Waals surface area (Å²) in [6, 6.07) is 8.72. The molecule has 10 nitrogen and oxygen atoms in total. The summed E-state index contributed by atoms with van der Waals surface area (Å²) in [6.07, 6.45) is 1.64. The van der Waals surface area contributed by atoms with Crippen molar-refractivity contribution in [2.24, 2.45) is 5.92 Å². The minimum absolute atomic E-state index is 0.101. The van der Waals surface area contributed by atoms with Crippen LogP contribution < -0.4 is 24.3 Å². The zero-order valence-electron chi connectivity index (χ0n) is 20.7. The lowest BCUT2D eigenvalue weighted by Gasteiger charge is -2.31. The van der Waals surface area contributed by atoms with Crippen molar-refractivity contribution in [2.45, 2.75) is 19.4 Å². The van der Waals surface area contributed by atoms with Crippen molar-refractivity contribution >= 4 is 23.2 Å². The third-order valence-electron chi connectivity index (χ3n) is 6.08. The standard InChI is InChI=1S/C25H29ClN4O6/c1-32-19-8-7-15(10-22(19)35-4)24-28-23(36-29-24)14-30-9-5-6-16(13-30)25(31)27-18-11-17(26)20(33-2)12-21(18)34-3/h7-8,10-12,16H,5-6,9,13-14H2,1-4H3,(H,27,31)/t16-/m0/s1. The first-order valence-electron chi connectivity index (χ1n) is 11.5. The van der Waals surface area contributed by atoms with Gasteiger partial charge in [-0.3, -0.25) is 9.69 Å². The van der Waals surface area contributed by atoms with Gasteiger partial charge < -0.3 is 28.8 Å². The van der Waals surface area contributed by atoms with Crippen LogP contribution in [-0.2, 0) is 11.3 Å². The summed E-state index contributed by atoms with van der Waals surface area (Å²) >= 11 is 6.24. The molecule has 3 aromatic rings. The molecule has 1 atom stereocenters. The molecule has 1 N–H and O–H groups in total. The fourth-order valence-corrected chi connectivity index (χ4v) is 4.45. The summed E-state index contributed by atoms with van der Waals surface area (Å²) in [5.74, 6) is 2.78. The van der Waals surface area contributed by atoms with Crippen LogP contribution in [0.15, 0.2) is 34.9 Å². The van der Waals surface area contributed by atoms with Crippen molar-refractivity contribution < 1.29 is 28.3 Å². The number of anilines is 1. The number of likely N-dealkylation sites (tertiary alicyclic amines) is 1. The number of rotatable bonds is 9. The Morgan fingerprint density at radius 2 is 1.81 bits per heavy atom. The largest absolute Gasteiger partial charge is 0.495 e. The van der Waals surface area contributed by atoms with Gasteiger partial charge in [0.2, 0.25) is 17.6 Å². The van der Waals surface area contributed by atoms with Gasteiger partial charge in [0.1, 0.15) is 11.5 Å². The van der Waals surface area contributed by atoms with E-state index in [0.717, 1.165) is 24.9 Å². The lowest BCUT2D eigenvalue weighted by molar-refractivity contribution is -0.121. The van der Waals surface area contributed by atoms with Gasteiger partial charge >= 0.3 is 0 Å². The smallest absolute Gasteiger partial charge is 0.241 e. The molecule has 0 aliphatic carbocycles. The molecule has 2 heterocycles. The predicted octanol–water partition coefficient (Wildman–Crippen LogP) is 4.28. The van der Waals surface area contributed by atoms with E-state index >= 15 is 0 Å². The van der Waals surface area contributed by atoms with Crippen LogP contribution in [0.5, 0.6) is 23.0 Å². The van der Waals surface area contributed by atoms with Gasteiger partial charge in [0.25, 0.3) is 0 Å². The molecule has 0 bridgehead atoms. The van der Waals surface area contributed by atoms with Gasteiger partial charge in [0, 0.05) is 18.2 Å². The Bertz CT molecular complexity index is 1220. The molecular formula is C25H29ClN4O6. The molecule has 0 saturated carbocycles. The van der Waals surface area contributed by atoms with Crippen LogP contribution >= 0.6 is 11.6 Å². The first kappa shape index (κ1) is 25.6. The maximum Gasteiger partial charge on any atom is 0.241 e. The van der Waals surface area contributed by atoms with Crippen molar-refractivity contribution in [2.75, 3.05) is 46.8 Å². The molecule has 1 aromatic heterocycles. The Balaban J connectivity index is 1.40. The van der Waals surface area contributed by atoms with Crippen LogP contribution in [0.2, 0.25) is 5.02 Å². The van der Waals surface area contributed by atoms with Gasteiger partial charge in [-0.05, 0) is 43.7 Å². The zero-order valence-corrected chi connectivity index (χ0v) is 21.4. The molecule has 192 valence electrons. The van der Waals surface area contributed by atoms with E-state index in [-0.39, 0.29) is 11.8 Å². The van der Waals surface area contributed by atoms with Crippen LogP contribution in [0.1, 0.15) is 18.7 Å². The molecule has 2 aromatic carbocycles. The van der Waals surface area contributed by atoms with E-state index in [9.17, 15) is 4.79 Å². The topological polar surface area (TPSA) is 108 Å². The summed E-state index contributed by atoms with van der Waals surface area (Å²) < 4.78 is 26.7. The summed E-state index contributed by atoms with van der Waals surface area (Å²) in [5.41, 5.74) is 1.26. The van der Waals surface area contributed by atoms with Crippen molar-refractivity contribution in [1.29, 1.82) is 0 Å². The van der Waals surface area contributed by atoms with Crippen molar-refractivity contribution in [3.05, 3.63) is 41.2 Å². The number of benzene rings is 2. The van der Waals surface area contributed by atoms with Crippen LogP contribution in [0.25, 0.3) is 11.4 Å². The van der Waals surface area contributed by atoms with Crippen molar-refractivity contribution in [3.8, 4) is 34.4 Å². The minimum atomic E-state index is -0.211. The second-order valence-electron chi connectivity index (χ2n) is 8.33. The Kier molecular flexibility index (Phi) is 8.17. The lowest BCUT2D eigenvalue weighted by atomic mass is 9.97. The number of carbonyl (C=O) groups is 1. The van der Waals surface area contributed by atoms with Crippen LogP contribution in [-0.4, -0.2) is 62.5 Å². The highest BCUT2D eigenvalue weighted by atomic mass is 35.5. The van der Waals surface area contributed by atoms with E-state index in [2.05, 4.69) is 20.4 Å². The molecule has 1 fully saturated rings. The van der Waals surface area contributed by atoms with E-state index < -0.39 is 0 Å². The fraction of sp³-hybridized carbons (Fsp3) is 0.400. The molecular weight excluding hydrogens is 488 g/mol. The van der Waals surface area contributed by atoms with Gasteiger partial charge in [-0.1, -0.05) is 16.8 Å². The summed E-state index contributed by atoms with van der Waals surface area (Å²) in [4.78, 5) is 19.7. The molecule has 0 unspecified atom stereocenters. The SMILES string of the molecule is COc1cc(OC)c(NC(=O)[C@H]2CCCN(Cc3nc(-c4ccc(OC)c(OC)c4)no3)C2)cc1Cl. The molecule has 1 aliphatic rings. The molecule has 11 heteroatoms. The second-order valence-corrected chi connectivity index (χ2v) is 8.74. The second kappa shape index (κ2) is 11.5. The average Bonchev–Trinajstić information content (AvgIpc) is 3.37. The Morgan fingerprint density at radius 1 is 1.06 bits per heavy atom. The van der Waals surface area contributed by atoms with Crippen molar-refractivity contribution in [1.82, 2.24) is 15.0 Å². The first-order valence-corrected chi connectivity index (χ1v) is 11.8. The first-order chi connectivity index (χ1) is 17.4. The highest BCUT2D eigenvalue weighted by molar-refractivity contribution is 6.32. The molecule has 4 rings (SSSR count). The summed E-state index contributed by atoms with van der Waals surface area (Å²) in [7, 11) is 6.21. The van der Waals surface area contributed by atoms with E-state index in [1.807, 2.05) is 6.07 Å². The summed E-state index contributed by atoms with van der Waals surface area (Å²) in [6.45, 7) is 1.84. The maximum atomic E-state index is 13.1. The number of aromatic nitrogens is 2. The molecule has 1 saturated heterocycles. The van der Waals surface area contributed by atoms with E-state index in [1.54, 1.807) is 38.5 Å². The monoisotopic (exact) mass is 516 g/mol. The third-order valence-corrected chi connectivity index (χ3v) is 6.37. The number of nitrogens with zero attached hydrogens (tertiary/aromatic N) is 3. The average molecular weight is 517 g/mol. The number of hydrogen-bond donors (Lipinski definition) is 1. The third kappa shape index (κ3) is 5.66. The van der Waals surface area contributed by atoms with Gasteiger partial charge in [-0.2, -0.15) is 4.98 Å². The zero-order chi connectivity index (χ0) is 25.7. The number of hydrogen-bond acceptors (Lipinski definition) is 9. The predicted molar refractivity (Wildman–Crippen MR) is 134 cm³/mol. The minimum Gasteiger partial charge on any atom is -0.495 e. The molecule has 1 aliphatic heterocycles. The van der Waals surface area contributed by atoms with Gasteiger partial charge in [-0.15, -0.1) is 0 Å². The van der Waals surface area contributed by atoms with Crippen LogP contribution in [0, 0.1) is 5.92 Å². The Labute approximate surface area is 214 Å². The number of carbonyl (C=O) groups excluding carboxylic acids is 1. The quantitative estimate of drug-likeness (QED) is 0.445. The summed E-state index contributed by atoms with van der Waals surface area (Å²) in [5, 5.41) is 7.45. The molecule has 36 heavy (non-hydrogen) atoms. The van der Waals surface area contributed by atoms with Crippen LogP contribution in [0.3, 0.4) is 0 Å². The number of piperidine rings is 1. The number of amides is 1. The molecule has 0 radical (unpaired) electrons. The van der Waals surface area contributed by atoms with E-state index in [4.69, 9.17) is 35.1 Å². The Hall–Kier alpha value is -3.50. The number of methoxy groups -OCH3 is 4. The maximum absolute atomic E-state index is 13.1. The van der Waals surface area contributed by atoms with Crippen molar-refractivity contribution in [3.63, 3.8) is 0 Å². The highest BCUT2D eigenvalue weighted by Gasteiger charge is 2.28. The van der Waals surface area contributed by atoms with Gasteiger partial charge in [0.15, 0.2) is 11.5 Å².